The number of aromatic nitrogens is 2. The SMILES string of the molecule is CS(=O)(=O)Cc1cccc(CNCC2CNc3ccnn3C2)c1. The molecule has 1 atom stereocenters. The van der Waals surface area contributed by atoms with E-state index in [1.54, 1.807) is 0 Å². The summed E-state index contributed by atoms with van der Waals surface area (Å²) in [4.78, 5) is 0. The van der Waals surface area contributed by atoms with Crippen LogP contribution in [-0.4, -0.2) is 37.5 Å². The zero-order valence-corrected chi connectivity index (χ0v) is 14.0. The molecule has 1 aromatic heterocycles. The molecular formula is C16H22N4O2S. The Morgan fingerprint density at radius 3 is 3.00 bits per heavy atom. The molecule has 124 valence electrons. The molecule has 0 amide bonds. The van der Waals surface area contributed by atoms with Gasteiger partial charge in [0.1, 0.15) is 5.82 Å². The summed E-state index contributed by atoms with van der Waals surface area (Å²) in [5, 5.41) is 11.1. The van der Waals surface area contributed by atoms with Crippen molar-refractivity contribution in [3.63, 3.8) is 0 Å². The van der Waals surface area contributed by atoms with Gasteiger partial charge in [-0.2, -0.15) is 5.10 Å². The van der Waals surface area contributed by atoms with Crippen LogP contribution in [0.2, 0.25) is 0 Å². The summed E-state index contributed by atoms with van der Waals surface area (Å²) in [5.74, 6) is 1.66. The smallest absolute Gasteiger partial charge is 0.151 e. The van der Waals surface area contributed by atoms with Crippen molar-refractivity contribution in [2.24, 2.45) is 5.92 Å². The first-order valence-corrected chi connectivity index (χ1v) is 9.77. The van der Waals surface area contributed by atoms with Gasteiger partial charge < -0.3 is 10.6 Å². The van der Waals surface area contributed by atoms with E-state index >= 15 is 0 Å². The maximum atomic E-state index is 11.4. The average Bonchev–Trinajstić information content (AvgIpc) is 2.93. The van der Waals surface area contributed by atoms with Crippen LogP contribution in [0.5, 0.6) is 0 Å². The molecule has 0 saturated heterocycles. The molecule has 0 fully saturated rings. The number of benzene rings is 1. The Bertz CT molecular complexity index is 770. The Balaban J connectivity index is 1.50. The minimum absolute atomic E-state index is 0.0927. The Hall–Kier alpha value is -1.86. The van der Waals surface area contributed by atoms with E-state index < -0.39 is 9.84 Å². The summed E-state index contributed by atoms with van der Waals surface area (Å²) in [5.41, 5.74) is 1.95. The lowest BCUT2D eigenvalue weighted by Crippen LogP contribution is -2.35. The minimum Gasteiger partial charge on any atom is -0.370 e. The van der Waals surface area contributed by atoms with Gasteiger partial charge in [0, 0.05) is 44.4 Å². The molecule has 0 aliphatic carbocycles. The van der Waals surface area contributed by atoms with E-state index in [0.29, 0.717) is 5.92 Å². The van der Waals surface area contributed by atoms with Gasteiger partial charge in [0.05, 0.1) is 11.9 Å². The lowest BCUT2D eigenvalue weighted by Gasteiger charge is -2.25. The van der Waals surface area contributed by atoms with Crippen LogP contribution in [0.4, 0.5) is 5.82 Å². The van der Waals surface area contributed by atoms with Crippen LogP contribution in [0.25, 0.3) is 0 Å². The lowest BCUT2D eigenvalue weighted by atomic mass is 10.1. The number of nitrogens with zero attached hydrogens (tertiary/aromatic N) is 2. The number of fused-ring (bicyclic) bond motifs is 1. The van der Waals surface area contributed by atoms with Crippen molar-refractivity contribution in [1.29, 1.82) is 0 Å². The van der Waals surface area contributed by atoms with Gasteiger partial charge in [-0.15, -0.1) is 0 Å². The van der Waals surface area contributed by atoms with Crippen molar-refractivity contribution in [2.45, 2.75) is 18.8 Å². The molecule has 0 saturated carbocycles. The fourth-order valence-corrected chi connectivity index (χ4v) is 3.66. The Kier molecular flexibility index (Phi) is 4.68. The molecule has 2 N–H and O–H groups in total. The number of hydrogen-bond acceptors (Lipinski definition) is 5. The first kappa shape index (κ1) is 16.0. The van der Waals surface area contributed by atoms with E-state index in [-0.39, 0.29) is 5.75 Å². The molecule has 6 nitrogen and oxygen atoms in total. The third-order valence-corrected chi connectivity index (χ3v) is 4.76. The number of hydrogen-bond donors (Lipinski definition) is 2. The van der Waals surface area contributed by atoms with Crippen molar-refractivity contribution in [2.75, 3.05) is 24.7 Å². The largest absolute Gasteiger partial charge is 0.370 e. The topological polar surface area (TPSA) is 76.0 Å². The average molecular weight is 334 g/mol. The van der Waals surface area contributed by atoms with E-state index in [1.165, 1.54) is 6.26 Å². The molecule has 1 aliphatic rings. The summed E-state index contributed by atoms with van der Waals surface area (Å²) in [7, 11) is -2.99. The van der Waals surface area contributed by atoms with Crippen LogP contribution in [-0.2, 0) is 28.7 Å². The third-order valence-electron chi connectivity index (χ3n) is 3.90. The fraction of sp³-hybridized carbons (Fsp3) is 0.438. The molecule has 23 heavy (non-hydrogen) atoms. The van der Waals surface area contributed by atoms with Gasteiger partial charge in [-0.3, -0.25) is 0 Å². The highest BCUT2D eigenvalue weighted by Crippen LogP contribution is 2.16. The highest BCUT2D eigenvalue weighted by Gasteiger charge is 2.17. The quantitative estimate of drug-likeness (QED) is 0.832. The van der Waals surface area contributed by atoms with Gasteiger partial charge in [-0.05, 0) is 11.1 Å². The van der Waals surface area contributed by atoms with Gasteiger partial charge in [0.25, 0.3) is 0 Å². The molecule has 2 aromatic rings. The fourth-order valence-electron chi connectivity index (χ4n) is 2.88. The van der Waals surface area contributed by atoms with E-state index in [1.807, 2.05) is 41.2 Å². The van der Waals surface area contributed by atoms with Gasteiger partial charge in [0.2, 0.25) is 0 Å². The van der Waals surface area contributed by atoms with Crippen LogP contribution in [0.15, 0.2) is 36.5 Å². The highest BCUT2D eigenvalue weighted by molar-refractivity contribution is 7.89. The minimum atomic E-state index is -2.99. The predicted molar refractivity (Wildman–Crippen MR) is 90.9 cm³/mol. The van der Waals surface area contributed by atoms with Crippen molar-refractivity contribution < 1.29 is 8.42 Å². The second-order valence-electron chi connectivity index (χ2n) is 6.17. The van der Waals surface area contributed by atoms with Gasteiger partial charge in [-0.1, -0.05) is 24.3 Å². The van der Waals surface area contributed by atoms with Crippen LogP contribution in [0.1, 0.15) is 11.1 Å². The Morgan fingerprint density at radius 2 is 2.17 bits per heavy atom. The summed E-state index contributed by atoms with van der Waals surface area (Å²) in [6.07, 6.45) is 3.07. The molecule has 0 bridgehead atoms. The molecule has 1 aromatic carbocycles. The summed E-state index contributed by atoms with van der Waals surface area (Å²) in [6, 6.07) is 9.73. The molecule has 1 aliphatic heterocycles. The third kappa shape index (κ3) is 4.56. The molecule has 0 spiro atoms. The van der Waals surface area contributed by atoms with Crippen molar-refractivity contribution in [3.05, 3.63) is 47.7 Å². The maximum Gasteiger partial charge on any atom is 0.151 e. The second-order valence-corrected chi connectivity index (χ2v) is 8.31. The summed E-state index contributed by atoms with van der Waals surface area (Å²) in [6.45, 7) is 3.48. The normalized spacial score (nSPS) is 17.5. The standard InChI is InChI=1S/C16H22N4O2S/c1-23(21,22)12-14-4-2-3-13(7-14)8-17-9-15-10-18-16-5-6-19-20(16)11-15/h2-7,15,17-18H,8-12H2,1H3. The molecule has 1 unspecified atom stereocenters. The zero-order valence-electron chi connectivity index (χ0n) is 13.2. The highest BCUT2D eigenvalue weighted by atomic mass is 32.2. The van der Waals surface area contributed by atoms with Gasteiger partial charge in [0.15, 0.2) is 9.84 Å². The van der Waals surface area contributed by atoms with Crippen LogP contribution in [0.3, 0.4) is 0 Å². The van der Waals surface area contributed by atoms with Crippen molar-refractivity contribution >= 4 is 15.7 Å². The molecule has 0 radical (unpaired) electrons. The van der Waals surface area contributed by atoms with Gasteiger partial charge >= 0.3 is 0 Å². The first-order valence-electron chi connectivity index (χ1n) is 7.71. The van der Waals surface area contributed by atoms with Crippen molar-refractivity contribution in [3.8, 4) is 0 Å². The van der Waals surface area contributed by atoms with E-state index in [9.17, 15) is 8.42 Å². The summed E-state index contributed by atoms with van der Waals surface area (Å²) >= 11 is 0. The monoisotopic (exact) mass is 334 g/mol. The molecular weight excluding hydrogens is 312 g/mol. The molecule has 2 heterocycles. The lowest BCUT2D eigenvalue weighted by molar-refractivity contribution is 0.391. The Morgan fingerprint density at radius 1 is 1.35 bits per heavy atom. The van der Waals surface area contributed by atoms with E-state index in [0.717, 1.165) is 43.1 Å². The second kappa shape index (κ2) is 6.72. The van der Waals surface area contributed by atoms with Gasteiger partial charge in [-0.25, -0.2) is 13.1 Å². The number of rotatable bonds is 6. The van der Waals surface area contributed by atoms with Crippen LogP contribution in [0, 0.1) is 5.92 Å². The predicted octanol–water partition coefficient (Wildman–Crippen LogP) is 1.26. The van der Waals surface area contributed by atoms with Crippen molar-refractivity contribution in [1.82, 2.24) is 15.1 Å². The van der Waals surface area contributed by atoms with Crippen LogP contribution < -0.4 is 10.6 Å². The first-order chi connectivity index (χ1) is 11.0. The Labute approximate surface area is 136 Å². The molecule has 3 rings (SSSR count). The number of nitrogens with one attached hydrogen (secondary N) is 2. The zero-order chi connectivity index (χ0) is 16.3. The van der Waals surface area contributed by atoms with E-state index in [2.05, 4.69) is 15.7 Å². The number of anilines is 1. The van der Waals surface area contributed by atoms with E-state index in [4.69, 9.17) is 0 Å². The number of sulfone groups is 1. The summed E-state index contributed by atoms with van der Waals surface area (Å²) < 4.78 is 24.7. The van der Waals surface area contributed by atoms with Crippen LogP contribution >= 0.6 is 0 Å². The maximum absolute atomic E-state index is 11.4. The molecule has 7 heteroatoms.